The molecule has 3 N–H and O–H groups in total. The van der Waals surface area contributed by atoms with Crippen LogP contribution >= 0.6 is 11.3 Å². The average molecular weight is 264 g/mol. The highest BCUT2D eigenvalue weighted by Crippen LogP contribution is 2.19. The largest absolute Gasteiger partial charge is 0.381 e. The summed E-state index contributed by atoms with van der Waals surface area (Å²) in [6.07, 6.45) is 1.97. The number of hydrogen-bond acceptors (Lipinski definition) is 4. The van der Waals surface area contributed by atoms with Gasteiger partial charge < -0.3 is 15.8 Å². The maximum absolute atomic E-state index is 11.5. The van der Waals surface area contributed by atoms with Gasteiger partial charge in [-0.15, -0.1) is 0 Å². The van der Waals surface area contributed by atoms with Crippen LogP contribution in [0.25, 0.3) is 0 Å². The summed E-state index contributed by atoms with van der Waals surface area (Å²) in [5.41, 5.74) is 5.46. The highest BCUT2D eigenvalue weighted by atomic mass is 32.1. The Bertz CT molecular complexity index is 405. The quantitative estimate of drug-likeness (QED) is 0.729. The summed E-state index contributed by atoms with van der Waals surface area (Å²) in [5.74, 6) is -0.605. The van der Waals surface area contributed by atoms with Crippen molar-refractivity contribution in [3.8, 4) is 0 Å². The van der Waals surface area contributed by atoms with Crippen LogP contribution in [0.15, 0.2) is 12.1 Å². The van der Waals surface area contributed by atoms with Crippen LogP contribution in [-0.4, -0.2) is 39.6 Å². The molecule has 1 aromatic heterocycles. The van der Waals surface area contributed by atoms with Gasteiger partial charge in [0.05, 0.1) is 5.92 Å². The third-order valence-corrected chi connectivity index (χ3v) is 4.19. The van der Waals surface area contributed by atoms with E-state index in [0.717, 1.165) is 30.9 Å². The lowest BCUT2D eigenvalue weighted by atomic mass is 10.0. The third kappa shape index (κ3) is 3.57. The molecule has 1 atom stereocenters. The highest BCUT2D eigenvalue weighted by Gasteiger charge is 2.21. The van der Waals surface area contributed by atoms with E-state index in [1.807, 2.05) is 12.1 Å². The first-order valence-corrected chi connectivity index (χ1v) is 6.94. The molecule has 0 bridgehead atoms. The molecule has 2 rings (SSSR count). The van der Waals surface area contributed by atoms with Crippen molar-refractivity contribution in [3.05, 3.63) is 17.0 Å². The first-order valence-electron chi connectivity index (χ1n) is 6.12. The molecule has 0 aliphatic carbocycles. The summed E-state index contributed by atoms with van der Waals surface area (Å²) >= 11 is 1.42. The highest BCUT2D eigenvalue weighted by molar-refractivity contribution is 7.20. The maximum atomic E-state index is 11.5. The van der Waals surface area contributed by atoms with Gasteiger partial charge in [-0.1, -0.05) is 6.07 Å². The lowest BCUT2D eigenvalue weighted by Crippen LogP contribution is -2.39. The molecule has 1 aliphatic heterocycles. The Hall–Kier alpha value is -0.845. The maximum Gasteiger partial charge on any atom is 0.227 e. The first kappa shape index (κ1) is 13.6. The van der Waals surface area contributed by atoms with Gasteiger partial charge in [0, 0.05) is 30.7 Å². The molecule has 1 amide bonds. The second-order valence-electron chi connectivity index (χ2n) is 4.49. The molecule has 1 aliphatic rings. The fraction of sp³-hybridized carbons (Fsp3) is 0.583. The predicted molar refractivity (Wildman–Crippen MR) is 73.5 cm³/mol. The standard InChI is InChI=1S/C12H17BN2O2S/c13-11-2-1-10(18-11)9(12(14)16)7-15-8-3-5-17-6-4-8/h1-2,8-9,15H,3-7H2,(H2,14,16)/t9-/m1/s1. The predicted octanol–water partition coefficient (Wildman–Crippen LogP) is -0.121. The second kappa shape index (κ2) is 6.36. The summed E-state index contributed by atoms with van der Waals surface area (Å²) < 4.78 is 6.01. The zero-order chi connectivity index (χ0) is 13.0. The van der Waals surface area contributed by atoms with Gasteiger partial charge in [0.15, 0.2) is 0 Å². The van der Waals surface area contributed by atoms with Crippen molar-refractivity contribution in [3.63, 3.8) is 0 Å². The van der Waals surface area contributed by atoms with Gasteiger partial charge in [0.2, 0.25) is 5.91 Å². The van der Waals surface area contributed by atoms with E-state index in [1.54, 1.807) is 0 Å². The number of carbonyl (C=O) groups excluding carboxylic acids is 1. The van der Waals surface area contributed by atoms with Crippen molar-refractivity contribution >= 4 is 29.9 Å². The molecule has 96 valence electrons. The normalized spacial score (nSPS) is 18.7. The van der Waals surface area contributed by atoms with Crippen molar-refractivity contribution in [1.82, 2.24) is 5.32 Å². The van der Waals surface area contributed by atoms with E-state index >= 15 is 0 Å². The Balaban J connectivity index is 1.92. The van der Waals surface area contributed by atoms with Crippen LogP contribution in [0.5, 0.6) is 0 Å². The van der Waals surface area contributed by atoms with Gasteiger partial charge in [-0.25, -0.2) is 0 Å². The number of ether oxygens (including phenoxy) is 1. The van der Waals surface area contributed by atoms with Gasteiger partial charge in [-0.05, 0) is 23.7 Å². The van der Waals surface area contributed by atoms with Crippen molar-refractivity contribution in [2.24, 2.45) is 5.73 Å². The van der Waals surface area contributed by atoms with E-state index in [-0.39, 0.29) is 11.8 Å². The van der Waals surface area contributed by atoms with E-state index < -0.39 is 0 Å². The second-order valence-corrected chi connectivity index (χ2v) is 5.64. The van der Waals surface area contributed by atoms with E-state index in [2.05, 4.69) is 5.32 Å². The number of rotatable bonds is 5. The Morgan fingerprint density at radius 1 is 1.56 bits per heavy atom. The number of nitrogens with one attached hydrogen (secondary N) is 1. The Labute approximate surface area is 112 Å². The van der Waals surface area contributed by atoms with Crippen LogP contribution < -0.4 is 15.8 Å². The molecule has 2 heterocycles. The smallest absolute Gasteiger partial charge is 0.227 e. The zero-order valence-electron chi connectivity index (χ0n) is 10.2. The van der Waals surface area contributed by atoms with E-state index in [1.165, 1.54) is 11.3 Å². The molecule has 4 nitrogen and oxygen atoms in total. The van der Waals surface area contributed by atoms with Crippen molar-refractivity contribution in [2.45, 2.75) is 24.8 Å². The minimum atomic E-state index is -0.309. The average Bonchev–Trinajstić information content (AvgIpc) is 2.77. The molecule has 6 heteroatoms. The summed E-state index contributed by atoms with van der Waals surface area (Å²) in [4.78, 5) is 12.4. The topological polar surface area (TPSA) is 64.3 Å². The summed E-state index contributed by atoms with van der Waals surface area (Å²) in [7, 11) is 5.68. The van der Waals surface area contributed by atoms with Crippen molar-refractivity contribution in [2.75, 3.05) is 19.8 Å². The molecule has 0 spiro atoms. The number of hydrogen-bond donors (Lipinski definition) is 2. The number of amides is 1. The van der Waals surface area contributed by atoms with Crippen LogP contribution in [0.2, 0.25) is 0 Å². The molecule has 1 aromatic rings. The fourth-order valence-corrected chi connectivity index (χ4v) is 2.97. The molecule has 1 saturated heterocycles. The van der Waals surface area contributed by atoms with Gasteiger partial charge in [-0.2, -0.15) is 11.3 Å². The van der Waals surface area contributed by atoms with E-state index in [9.17, 15) is 4.79 Å². The van der Waals surface area contributed by atoms with Crippen LogP contribution in [0.1, 0.15) is 23.6 Å². The zero-order valence-corrected chi connectivity index (χ0v) is 11.0. The Kier molecular flexibility index (Phi) is 4.80. The van der Waals surface area contributed by atoms with Gasteiger partial charge >= 0.3 is 0 Å². The van der Waals surface area contributed by atoms with Gasteiger partial charge in [0.1, 0.15) is 7.85 Å². The number of nitrogens with two attached hydrogens (primary N) is 1. The van der Waals surface area contributed by atoms with Gasteiger partial charge in [-0.3, -0.25) is 4.79 Å². The van der Waals surface area contributed by atoms with Gasteiger partial charge in [0.25, 0.3) is 0 Å². The summed E-state index contributed by atoms with van der Waals surface area (Å²) in [6, 6.07) is 4.10. The Morgan fingerprint density at radius 2 is 2.28 bits per heavy atom. The third-order valence-electron chi connectivity index (χ3n) is 3.17. The SMILES string of the molecule is [B]c1ccc([C@@H](CNC2CCOCC2)C(N)=O)s1. The summed E-state index contributed by atoms with van der Waals surface area (Å²) in [5, 5.41) is 3.40. The molecule has 0 saturated carbocycles. The van der Waals surface area contributed by atoms with E-state index in [0.29, 0.717) is 17.4 Å². The lowest BCUT2D eigenvalue weighted by Gasteiger charge is -2.24. The summed E-state index contributed by atoms with van der Waals surface area (Å²) in [6.45, 7) is 2.13. The lowest BCUT2D eigenvalue weighted by molar-refractivity contribution is -0.119. The number of thiophene rings is 1. The molecule has 0 unspecified atom stereocenters. The fourth-order valence-electron chi connectivity index (χ4n) is 2.08. The molecular formula is C12H17BN2O2S. The number of primary amides is 1. The van der Waals surface area contributed by atoms with Crippen LogP contribution in [-0.2, 0) is 9.53 Å². The monoisotopic (exact) mass is 264 g/mol. The molecule has 2 radical (unpaired) electrons. The molecule has 1 fully saturated rings. The van der Waals surface area contributed by atoms with Crippen LogP contribution in [0, 0.1) is 0 Å². The van der Waals surface area contributed by atoms with Crippen molar-refractivity contribution in [1.29, 1.82) is 0 Å². The van der Waals surface area contributed by atoms with Crippen LogP contribution in [0.4, 0.5) is 0 Å². The minimum absolute atomic E-state index is 0.296. The molecule has 18 heavy (non-hydrogen) atoms. The number of carbonyl (C=O) groups is 1. The van der Waals surface area contributed by atoms with E-state index in [4.69, 9.17) is 18.3 Å². The molecule has 0 aromatic carbocycles. The van der Waals surface area contributed by atoms with Crippen LogP contribution in [0.3, 0.4) is 0 Å². The first-order chi connectivity index (χ1) is 8.66. The molecular weight excluding hydrogens is 247 g/mol. The Morgan fingerprint density at radius 3 is 2.83 bits per heavy atom. The minimum Gasteiger partial charge on any atom is -0.381 e. The van der Waals surface area contributed by atoms with Crippen molar-refractivity contribution < 1.29 is 9.53 Å².